The maximum absolute atomic E-state index is 13.9. The molecule has 5 nitrogen and oxygen atoms in total. The van der Waals surface area contributed by atoms with E-state index < -0.39 is 12.0 Å². The van der Waals surface area contributed by atoms with Crippen molar-refractivity contribution in [1.29, 1.82) is 0 Å². The molecule has 1 unspecified atom stereocenters. The number of methoxy groups -OCH3 is 1. The summed E-state index contributed by atoms with van der Waals surface area (Å²) >= 11 is 0. The predicted molar refractivity (Wildman–Crippen MR) is 90.5 cm³/mol. The van der Waals surface area contributed by atoms with Gasteiger partial charge >= 0.3 is 0 Å². The van der Waals surface area contributed by atoms with Crippen LogP contribution in [0.4, 0.5) is 10.1 Å². The zero-order valence-corrected chi connectivity index (χ0v) is 13.9. The third kappa shape index (κ3) is 4.23. The zero-order valence-electron chi connectivity index (χ0n) is 13.9. The van der Waals surface area contributed by atoms with Crippen molar-refractivity contribution in [1.82, 2.24) is 5.32 Å². The lowest BCUT2D eigenvalue weighted by Crippen LogP contribution is -2.28. The van der Waals surface area contributed by atoms with E-state index in [1.807, 2.05) is 0 Å². The molecule has 1 amide bonds. The van der Waals surface area contributed by atoms with Crippen LogP contribution in [-0.4, -0.2) is 32.2 Å². The summed E-state index contributed by atoms with van der Waals surface area (Å²) in [5.41, 5.74) is 1.52. The molecule has 2 aromatic rings. The Labute approximate surface area is 140 Å². The average Bonchev–Trinajstić information content (AvgIpc) is 2.58. The summed E-state index contributed by atoms with van der Waals surface area (Å²) in [5.74, 6) is -0.360. The molecule has 6 heteroatoms. The van der Waals surface area contributed by atoms with Gasteiger partial charge in [0.05, 0.1) is 12.8 Å². The molecule has 0 bridgehead atoms. The number of halogens is 1. The largest absolute Gasteiger partial charge is 0.497 e. The Kier molecular flexibility index (Phi) is 5.76. The first-order valence-electron chi connectivity index (χ1n) is 7.48. The van der Waals surface area contributed by atoms with Crippen LogP contribution in [0.1, 0.15) is 17.2 Å². The number of carbonyl (C=O) groups excluding carboxylic acids is 1. The standard InChI is InChI=1S/C18H21FN2O3/c1-21(2)16-8-7-12(9-15(16)19)11-20-18(23)17(22)13-5-4-6-14(10-13)24-3/h4-10,17,22H,11H2,1-3H3,(H,20,23). The highest BCUT2D eigenvalue weighted by Crippen LogP contribution is 2.20. The Morgan fingerprint density at radius 1 is 1.29 bits per heavy atom. The number of hydrogen-bond donors (Lipinski definition) is 2. The highest BCUT2D eigenvalue weighted by atomic mass is 19.1. The Hall–Kier alpha value is -2.60. The fourth-order valence-electron chi connectivity index (χ4n) is 2.27. The summed E-state index contributed by atoms with van der Waals surface area (Å²) in [6, 6.07) is 11.4. The number of aliphatic hydroxyl groups is 1. The number of benzene rings is 2. The third-order valence-electron chi connectivity index (χ3n) is 3.62. The zero-order chi connectivity index (χ0) is 17.7. The van der Waals surface area contributed by atoms with E-state index in [0.717, 1.165) is 0 Å². The Bertz CT molecular complexity index is 719. The minimum atomic E-state index is -1.31. The summed E-state index contributed by atoms with van der Waals surface area (Å²) in [5, 5.41) is 12.7. The van der Waals surface area contributed by atoms with Crippen molar-refractivity contribution in [3.8, 4) is 5.75 Å². The lowest BCUT2D eigenvalue weighted by Gasteiger charge is -2.15. The first-order chi connectivity index (χ1) is 11.4. The van der Waals surface area contributed by atoms with E-state index in [-0.39, 0.29) is 12.4 Å². The molecule has 0 aliphatic carbocycles. The van der Waals surface area contributed by atoms with Crippen LogP contribution in [-0.2, 0) is 11.3 Å². The second kappa shape index (κ2) is 7.79. The summed E-state index contributed by atoms with van der Waals surface area (Å²) in [7, 11) is 5.02. The number of rotatable bonds is 6. The van der Waals surface area contributed by atoms with Gasteiger partial charge in [0.1, 0.15) is 11.6 Å². The van der Waals surface area contributed by atoms with Gasteiger partial charge in [0.2, 0.25) is 0 Å². The molecule has 24 heavy (non-hydrogen) atoms. The molecule has 0 radical (unpaired) electrons. The fraction of sp³-hybridized carbons (Fsp3) is 0.278. The fourth-order valence-corrected chi connectivity index (χ4v) is 2.27. The van der Waals surface area contributed by atoms with Crippen molar-refractivity contribution in [2.45, 2.75) is 12.6 Å². The number of hydrogen-bond acceptors (Lipinski definition) is 4. The van der Waals surface area contributed by atoms with Crippen LogP contribution in [0.15, 0.2) is 42.5 Å². The van der Waals surface area contributed by atoms with Crippen molar-refractivity contribution in [2.24, 2.45) is 0 Å². The molecule has 2 N–H and O–H groups in total. The van der Waals surface area contributed by atoms with Crippen LogP contribution < -0.4 is 15.0 Å². The number of anilines is 1. The first kappa shape index (κ1) is 17.7. The van der Waals surface area contributed by atoms with Gasteiger partial charge in [-0.1, -0.05) is 18.2 Å². The number of nitrogens with zero attached hydrogens (tertiary/aromatic N) is 1. The summed E-state index contributed by atoms with van der Waals surface area (Å²) in [4.78, 5) is 13.7. The Morgan fingerprint density at radius 3 is 2.67 bits per heavy atom. The van der Waals surface area contributed by atoms with Crippen molar-refractivity contribution in [3.05, 3.63) is 59.4 Å². The predicted octanol–water partition coefficient (Wildman–Crippen LogP) is 2.25. The number of ether oxygens (including phenoxy) is 1. The molecule has 0 saturated heterocycles. The summed E-state index contributed by atoms with van der Waals surface area (Å²) in [6.07, 6.45) is -1.31. The third-order valence-corrected chi connectivity index (χ3v) is 3.62. The molecule has 1 atom stereocenters. The van der Waals surface area contributed by atoms with E-state index in [9.17, 15) is 14.3 Å². The number of amides is 1. The van der Waals surface area contributed by atoms with Gasteiger partial charge in [-0.15, -0.1) is 0 Å². The quantitative estimate of drug-likeness (QED) is 0.852. The number of nitrogens with one attached hydrogen (secondary N) is 1. The molecule has 0 heterocycles. The molecular formula is C18H21FN2O3. The molecule has 0 spiro atoms. The molecule has 2 rings (SSSR count). The molecule has 0 saturated carbocycles. The van der Waals surface area contributed by atoms with Crippen molar-refractivity contribution in [2.75, 3.05) is 26.1 Å². The summed E-state index contributed by atoms with van der Waals surface area (Å²) < 4.78 is 19.0. The minimum Gasteiger partial charge on any atom is -0.497 e. The van der Waals surface area contributed by atoms with Crippen LogP contribution in [0.2, 0.25) is 0 Å². The van der Waals surface area contributed by atoms with Gasteiger partial charge in [0.15, 0.2) is 6.10 Å². The number of aliphatic hydroxyl groups excluding tert-OH is 1. The molecule has 0 aliphatic rings. The van der Waals surface area contributed by atoms with Gasteiger partial charge < -0.3 is 20.1 Å². The highest BCUT2D eigenvalue weighted by molar-refractivity contribution is 5.82. The van der Waals surface area contributed by atoms with Crippen LogP contribution in [0.25, 0.3) is 0 Å². The molecule has 128 valence electrons. The Balaban J connectivity index is 2.00. The maximum Gasteiger partial charge on any atom is 0.253 e. The Morgan fingerprint density at radius 2 is 2.04 bits per heavy atom. The van der Waals surface area contributed by atoms with Gasteiger partial charge in [-0.25, -0.2) is 4.39 Å². The van der Waals surface area contributed by atoms with Crippen LogP contribution in [0, 0.1) is 5.82 Å². The monoisotopic (exact) mass is 332 g/mol. The van der Waals surface area contributed by atoms with Gasteiger partial charge in [0, 0.05) is 20.6 Å². The van der Waals surface area contributed by atoms with Crippen LogP contribution in [0.5, 0.6) is 5.75 Å². The number of carbonyl (C=O) groups is 1. The topological polar surface area (TPSA) is 61.8 Å². The van der Waals surface area contributed by atoms with Gasteiger partial charge in [-0.3, -0.25) is 4.79 Å². The lowest BCUT2D eigenvalue weighted by molar-refractivity contribution is -0.129. The van der Waals surface area contributed by atoms with E-state index in [0.29, 0.717) is 22.6 Å². The minimum absolute atomic E-state index is 0.129. The van der Waals surface area contributed by atoms with Gasteiger partial charge in [-0.05, 0) is 35.4 Å². The van der Waals surface area contributed by atoms with Crippen molar-refractivity contribution in [3.63, 3.8) is 0 Å². The highest BCUT2D eigenvalue weighted by Gasteiger charge is 2.17. The second-order valence-electron chi connectivity index (χ2n) is 5.58. The van der Waals surface area contributed by atoms with E-state index in [2.05, 4.69) is 5.32 Å². The molecule has 0 aliphatic heterocycles. The van der Waals surface area contributed by atoms with E-state index >= 15 is 0 Å². The van der Waals surface area contributed by atoms with E-state index in [1.54, 1.807) is 55.4 Å². The SMILES string of the molecule is COc1cccc(C(O)C(=O)NCc2ccc(N(C)C)c(F)c2)c1. The summed E-state index contributed by atoms with van der Waals surface area (Å²) in [6.45, 7) is 0.129. The lowest BCUT2D eigenvalue weighted by atomic mass is 10.1. The van der Waals surface area contributed by atoms with Crippen molar-refractivity contribution >= 4 is 11.6 Å². The normalized spacial score (nSPS) is 11.7. The molecule has 0 aromatic heterocycles. The van der Waals surface area contributed by atoms with E-state index in [4.69, 9.17) is 4.74 Å². The van der Waals surface area contributed by atoms with Crippen LogP contribution in [0.3, 0.4) is 0 Å². The first-order valence-corrected chi connectivity index (χ1v) is 7.48. The van der Waals surface area contributed by atoms with E-state index in [1.165, 1.54) is 13.2 Å². The average molecular weight is 332 g/mol. The molecular weight excluding hydrogens is 311 g/mol. The molecule has 2 aromatic carbocycles. The van der Waals surface area contributed by atoms with Gasteiger partial charge in [-0.2, -0.15) is 0 Å². The molecule has 0 fully saturated rings. The second-order valence-corrected chi connectivity index (χ2v) is 5.58. The maximum atomic E-state index is 13.9. The van der Waals surface area contributed by atoms with Gasteiger partial charge in [0.25, 0.3) is 5.91 Å². The van der Waals surface area contributed by atoms with Crippen LogP contribution >= 0.6 is 0 Å². The van der Waals surface area contributed by atoms with Crippen molar-refractivity contribution < 1.29 is 19.0 Å². The smallest absolute Gasteiger partial charge is 0.253 e.